The highest BCUT2D eigenvalue weighted by Crippen LogP contribution is 2.05. The average Bonchev–Trinajstić information content (AvgIpc) is 2.30. The van der Waals surface area contributed by atoms with E-state index in [1.807, 2.05) is 0 Å². The quantitative estimate of drug-likeness (QED) is 0.300. The largest absolute Gasteiger partial charge is 0.466 e. The molecule has 0 heterocycles. The van der Waals surface area contributed by atoms with Crippen LogP contribution in [0.2, 0.25) is 0 Å². The molecule has 0 unspecified atom stereocenters. The number of rotatable bonds is 7. The summed E-state index contributed by atoms with van der Waals surface area (Å²) in [6.45, 7) is 7.32. The van der Waals surface area contributed by atoms with Crippen molar-refractivity contribution in [2.75, 3.05) is 20.3 Å². The van der Waals surface area contributed by atoms with Crippen LogP contribution in [0.1, 0.15) is 25.7 Å². The van der Waals surface area contributed by atoms with Gasteiger partial charge < -0.3 is 14.9 Å². The monoisotopic (exact) mass is 230 g/mol. The normalized spacial score (nSPS) is 8.69. The molecule has 0 aliphatic rings. The lowest BCUT2D eigenvalue weighted by Crippen LogP contribution is -2.03. The molecule has 16 heavy (non-hydrogen) atoms. The number of carbonyl (C=O) groups is 1. The van der Waals surface area contributed by atoms with Gasteiger partial charge in [0.1, 0.15) is 0 Å². The predicted molar refractivity (Wildman–Crippen MR) is 64.0 cm³/mol. The fourth-order valence-corrected chi connectivity index (χ4v) is 0.788. The summed E-state index contributed by atoms with van der Waals surface area (Å²) in [5.74, 6) is -0.358. The second-order valence-corrected chi connectivity index (χ2v) is 3.08. The Hall–Kier alpha value is -1.13. The van der Waals surface area contributed by atoms with Crippen molar-refractivity contribution in [3.8, 4) is 0 Å². The van der Waals surface area contributed by atoms with Gasteiger partial charge in [-0.05, 0) is 25.7 Å². The molecule has 0 fully saturated rings. The van der Waals surface area contributed by atoms with Crippen LogP contribution >= 0.6 is 0 Å². The molecular weight excluding hydrogens is 208 g/mol. The van der Waals surface area contributed by atoms with Gasteiger partial charge in [0.05, 0.1) is 7.11 Å². The smallest absolute Gasteiger partial charge is 0.333 e. The molecule has 4 heteroatoms. The zero-order valence-corrected chi connectivity index (χ0v) is 9.95. The second-order valence-electron chi connectivity index (χ2n) is 3.08. The van der Waals surface area contributed by atoms with Crippen molar-refractivity contribution in [2.45, 2.75) is 25.7 Å². The number of aliphatic hydroxyl groups excluding tert-OH is 2. The molecule has 0 atom stereocenters. The summed E-state index contributed by atoms with van der Waals surface area (Å²) in [6, 6.07) is 0. The summed E-state index contributed by atoms with van der Waals surface area (Å²) in [6.07, 6.45) is 4.48. The maximum atomic E-state index is 10.7. The van der Waals surface area contributed by atoms with Crippen molar-refractivity contribution in [3.63, 3.8) is 0 Å². The minimum Gasteiger partial charge on any atom is -0.466 e. The molecule has 0 bridgehead atoms. The van der Waals surface area contributed by atoms with E-state index in [0.29, 0.717) is 24.8 Å². The molecular formula is C12H22O4. The van der Waals surface area contributed by atoms with Crippen LogP contribution in [0, 0.1) is 0 Å². The van der Waals surface area contributed by atoms with E-state index in [2.05, 4.69) is 17.9 Å². The highest BCUT2D eigenvalue weighted by atomic mass is 16.5. The topological polar surface area (TPSA) is 66.8 Å². The van der Waals surface area contributed by atoms with E-state index < -0.39 is 0 Å². The number of carbonyl (C=O) groups excluding carboxylic acids is 1. The first kappa shape index (κ1) is 17.3. The summed E-state index contributed by atoms with van der Waals surface area (Å²) in [7, 11) is 1.33. The van der Waals surface area contributed by atoms with Crippen LogP contribution in [0.25, 0.3) is 0 Å². The molecule has 0 aromatic rings. The van der Waals surface area contributed by atoms with Gasteiger partial charge in [-0.15, -0.1) is 6.58 Å². The summed E-state index contributed by atoms with van der Waals surface area (Å²) >= 11 is 0. The molecule has 0 amide bonds. The minimum absolute atomic E-state index is 0.161. The van der Waals surface area contributed by atoms with Crippen LogP contribution in [0.5, 0.6) is 0 Å². The third kappa shape index (κ3) is 12.9. The third-order valence-corrected chi connectivity index (χ3v) is 1.69. The Bertz CT molecular complexity index is 199. The zero-order valence-electron chi connectivity index (χ0n) is 9.95. The number of methoxy groups -OCH3 is 1. The van der Waals surface area contributed by atoms with Crippen LogP contribution in [-0.2, 0) is 9.53 Å². The molecule has 4 nitrogen and oxygen atoms in total. The van der Waals surface area contributed by atoms with Gasteiger partial charge in [0.15, 0.2) is 0 Å². The van der Waals surface area contributed by atoms with Gasteiger partial charge >= 0.3 is 5.97 Å². The molecule has 0 aromatic carbocycles. The number of unbranched alkanes of at least 4 members (excludes halogenated alkanes) is 1. The van der Waals surface area contributed by atoms with Gasteiger partial charge in [-0.25, -0.2) is 4.79 Å². The first-order valence-corrected chi connectivity index (χ1v) is 5.22. The first-order chi connectivity index (χ1) is 7.63. The fraction of sp³-hybridized carbons (Fsp3) is 0.583. The van der Waals surface area contributed by atoms with Crippen molar-refractivity contribution in [3.05, 3.63) is 24.8 Å². The zero-order chi connectivity index (χ0) is 12.8. The van der Waals surface area contributed by atoms with Gasteiger partial charge in [0.25, 0.3) is 0 Å². The Labute approximate surface area is 97.2 Å². The lowest BCUT2D eigenvalue weighted by atomic mass is 10.1. The standard InChI is InChI=1S/C8H14O3.C4H8O/c1-7(8(10)11-2)5-3-4-6-9;1-2-3-4-5/h9H,1,3-6H2,2H3;2,5H,1,3-4H2. The van der Waals surface area contributed by atoms with E-state index in [1.54, 1.807) is 6.08 Å². The van der Waals surface area contributed by atoms with Crippen molar-refractivity contribution in [1.82, 2.24) is 0 Å². The Morgan fingerprint density at radius 2 is 1.94 bits per heavy atom. The molecule has 0 aliphatic heterocycles. The molecule has 0 radical (unpaired) electrons. The summed E-state index contributed by atoms with van der Waals surface area (Å²) in [5.41, 5.74) is 0.473. The Kier molecular flexibility index (Phi) is 15.0. The van der Waals surface area contributed by atoms with Crippen molar-refractivity contribution in [2.24, 2.45) is 0 Å². The van der Waals surface area contributed by atoms with Crippen molar-refractivity contribution >= 4 is 5.97 Å². The lowest BCUT2D eigenvalue weighted by molar-refractivity contribution is -0.136. The summed E-state index contributed by atoms with van der Waals surface area (Å²) in [4.78, 5) is 10.7. The molecule has 0 aliphatic carbocycles. The predicted octanol–water partition coefficient (Wildman–Crippen LogP) is 1.43. The second kappa shape index (κ2) is 13.9. The molecule has 0 spiro atoms. The minimum atomic E-state index is -0.358. The number of ether oxygens (including phenoxy) is 1. The highest BCUT2D eigenvalue weighted by molar-refractivity contribution is 5.87. The summed E-state index contributed by atoms with van der Waals surface area (Å²) in [5, 5.41) is 16.4. The Balaban J connectivity index is 0. The van der Waals surface area contributed by atoms with Gasteiger partial charge in [-0.1, -0.05) is 12.7 Å². The van der Waals surface area contributed by atoms with E-state index in [-0.39, 0.29) is 19.2 Å². The molecule has 2 N–H and O–H groups in total. The SMILES string of the molecule is C=C(CCCCO)C(=O)OC.C=CCCO. The number of hydrogen-bond acceptors (Lipinski definition) is 4. The van der Waals surface area contributed by atoms with Crippen LogP contribution in [0.3, 0.4) is 0 Å². The third-order valence-electron chi connectivity index (χ3n) is 1.69. The molecule has 0 aromatic heterocycles. The van der Waals surface area contributed by atoms with Crippen LogP contribution in [0.4, 0.5) is 0 Å². The van der Waals surface area contributed by atoms with Crippen LogP contribution in [0.15, 0.2) is 24.8 Å². The highest BCUT2D eigenvalue weighted by Gasteiger charge is 2.04. The molecule has 0 saturated heterocycles. The maximum Gasteiger partial charge on any atom is 0.333 e. The lowest BCUT2D eigenvalue weighted by Gasteiger charge is -2.01. The Morgan fingerprint density at radius 1 is 1.31 bits per heavy atom. The van der Waals surface area contributed by atoms with E-state index in [9.17, 15) is 4.79 Å². The maximum absolute atomic E-state index is 10.7. The van der Waals surface area contributed by atoms with Gasteiger partial charge in [0.2, 0.25) is 0 Å². The van der Waals surface area contributed by atoms with E-state index in [0.717, 1.165) is 6.42 Å². The van der Waals surface area contributed by atoms with E-state index >= 15 is 0 Å². The van der Waals surface area contributed by atoms with Gasteiger partial charge in [-0.2, -0.15) is 0 Å². The molecule has 0 rings (SSSR count). The van der Waals surface area contributed by atoms with Gasteiger partial charge in [0, 0.05) is 18.8 Å². The summed E-state index contributed by atoms with van der Waals surface area (Å²) < 4.78 is 4.44. The first-order valence-electron chi connectivity index (χ1n) is 5.22. The van der Waals surface area contributed by atoms with Crippen LogP contribution < -0.4 is 0 Å². The Morgan fingerprint density at radius 3 is 2.25 bits per heavy atom. The number of esters is 1. The van der Waals surface area contributed by atoms with Crippen molar-refractivity contribution < 1.29 is 19.7 Å². The average molecular weight is 230 g/mol. The number of aliphatic hydroxyl groups is 2. The van der Waals surface area contributed by atoms with Crippen molar-refractivity contribution in [1.29, 1.82) is 0 Å². The van der Waals surface area contributed by atoms with E-state index in [4.69, 9.17) is 10.2 Å². The molecule has 0 saturated carbocycles. The number of hydrogen-bond donors (Lipinski definition) is 2. The van der Waals surface area contributed by atoms with Crippen LogP contribution in [-0.4, -0.2) is 36.5 Å². The fourth-order valence-electron chi connectivity index (χ4n) is 0.788. The van der Waals surface area contributed by atoms with Gasteiger partial charge in [-0.3, -0.25) is 0 Å². The molecule has 94 valence electrons. The van der Waals surface area contributed by atoms with E-state index in [1.165, 1.54) is 7.11 Å².